The van der Waals surface area contributed by atoms with Crippen LogP contribution in [-0.4, -0.2) is 66.0 Å². The molecule has 0 aromatic carbocycles. The van der Waals surface area contributed by atoms with E-state index in [9.17, 15) is 19.2 Å². The number of esters is 3. The first-order valence-electron chi connectivity index (χ1n) is 8.17. The normalized spacial score (nSPS) is 28.0. The van der Waals surface area contributed by atoms with Crippen LogP contribution >= 0.6 is 11.8 Å². The van der Waals surface area contributed by atoms with E-state index in [0.717, 1.165) is 0 Å². The number of hydrogen-bond donors (Lipinski definition) is 1. The van der Waals surface area contributed by atoms with E-state index in [4.69, 9.17) is 18.9 Å². The van der Waals surface area contributed by atoms with Crippen LogP contribution in [0.5, 0.6) is 0 Å². The molecule has 0 aromatic rings. The van der Waals surface area contributed by atoms with E-state index < -0.39 is 47.7 Å². The number of nitrogens with one attached hydrogen (secondary N) is 1. The molecule has 148 valence electrons. The van der Waals surface area contributed by atoms with Crippen molar-refractivity contribution in [3.05, 3.63) is 0 Å². The summed E-state index contributed by atoms with van der Waals surface area (Å²) < 4.78 is 21.6. The van der Waals surface area contributed by atoms with E-state index in [1.54, 1.807) is 0 Å². The van der Waals surface area contributed by atoms with Crippen LogP contribution in [0.25, 0.3) is 0 Å². The van der Waals surface area contributed by atoms with Gasteiger partial charge < -0.3 is 24.3 Å². The van der Waals surface area contributed by atoms with Crippen molar-refractivity contribution >= 4 is 35.6 Å². The highest BCUT2D eigenvalue weighted by Crippen LogP contribution is 2.32. The maximum Gasteiger partial charge on any atom is 0.303 e. The second-order valence-electron chi connectivity index (χ2n) is 5.68. The summed E-state index contributed by atoms with van der Waals surface area (Å²) in [5, 5.41) is 2.70. The topological polar surface area (TPSA) is 117 Å². The van der Waals surface area contributed by atoms with Gasteiger partial charge in [0.1, 0.15) is 24.2 Å². The molecule has 9 nitrogen and oxygen atoms in total. The first-order valence-corrected chi connectivity index (χ1v) is 9.22. The maximum atomic E-state index is 11.6. The van der Waals surface area contributed by atoms with Crippen LogP contribution < -0.4 is 5.32 Å². The lowest BCUT2D eigenvalue weighted by atomic mass is 9.97. The molecule has 1 aliphatic rings. The Labute approximate surface area is 156 Å². The minimum absolute atomic E-state index is 0.182. The Morgan fingerprint density at radius 3 is 2.00 bits per heavy atom. The summed E-state index contributed by atoms with van der Waals surface area (Å²) in [5.41, 5.74) is -0.583. The molecule has 0 bridgehead atoms. The Morgan fingerprint density at radius 1 is 0.962 bits per heavy atom. The largest absolute Gasteiger partial charge is 0.463 e. The van der Waals surface area contributed by atoms with Crippen LogP contribution in [0.2, 0.25) is 0 Å². The van der Waals surface area contributed by atoms with E-state index >= 15 is 0 Å². The zero-order valence-corrected chi connectivity index (χ0v) is 16.3. The lowest BCUT2D eigenvalue weighted by Gasteiger charge is -2.45. The second-order valence-corrected chi connectivity index (χ2v) is 7.05. The van der Waals surface area contributed by atoms with E-state index in [1.807, 2.05) is 6.92 Å². The van der Waals surface area contributed by atoms with Gasteiger partial charge >= 0.3 is 17.9 Å². The number of carbonyl (C=O) groups is 4. The quantitative estimate of drug-likeness (QED) is 0.486. The highest BCUT2D eigenvalue weighted by Gasteiger charge is 2.50. The average molecular weight is 391 g/mol. The second kappa shape index (κ2) is 10.4. The molecule has 0 spiro atoms. The van der Waals surface area contributed by atoms with Gasteiger partial charge in [0, 0.05) is 27.7 Å². The van der Waals surface area contributed by atoms with Gasteiger partial charge in [-0.3, -0.25) is 19.2 Å². The standard InChI is InChI=1S/C16H25NO8S/c1-6-26-16-13(17-8(2)18)15(24-11(5)21)14(23-10(4)20)12(25-16)7-22-9(3)19/h12-16H,6-7H2,1-5H3,(H,17,18)/t12?,13-,14+,15+,16+/m0/s1. The molecule has 10 heteroatoms. The molecule has 1 fully saturated rings. The van der Waals surface area contributed by atoms with E-state index in [0.29, 0.717) is 5.75 Å². The summed E-state index contributed by atoms with van der Waals surface area (Å²) in [7, 11) is 0. The molecule has 1 aliphatic heterocycles. The van der Waals surface area contributed by atoms with Gasteiger partial charge in [0.25, 0.3) is 0 Å². The summed E-state index contributed by atoms with van der Waals surface area (Å²) in [4.78, 5) is 45.9. The molecule has 1 amide bonds. The molecular weight excluding hydrogens is 366 g/mol. The third-order valence-corrected chi connectivity index (χ3v) is 4.47. The van der Waals surface area contributed by atoms with Crippen molar-refractivity contribution in [2.45, 2.75) is 64.4 Å². The Morgan fingerprint density at radius 2 is 1.54 bits per heavy atom. The highest BCUT2D eigenvalue weighted by atomic mass is 32.2. The SMILES string of the molecule is CCS[C@H]1OC(COC(C)=O)[C@@H](OC(C)=O)[C@H](OC(C)=O)[C@@H]1NC(C)=O. The number of amides is 1. The van der Waals surface area contributed by atoms with Gasteiger partial charge in [0.15, 0.2) is 12.2 Å². The predicted molar refractivity (Wildman–Crippen MR) is 92.1 cm³/mol. The monoisotopic (exact) mass is 391 g/mol. The molecule has 1 unspecified atom stereocenters. The molecule has 5 atom stereocenters. The molecule has 0 radical (unpaired) electrons. The minimum atomic E-state index is -1.04. The Hall–Kier alpha value is -1.81. The summed E-state index contributed by atoms with van der Waals surface area (Å²) in [6.07, 6.45) is -2.87. The van der Waals surface area contributed by atoms with Gasteiger partial charge in [-0.1, -0.05) is 6.92 Å². The summed E-state index contributed by atoms with van der Waals surface area (Å²) in [5.74, 6) is -1.44. The minimum Gasteiger partial charge on any atom is -0.463 e. The maximum absolute atomic E-state index is 11.6. The molecule has 1 N–H and O–H groups in total. The van der Waals surface area contributed by atoms with Gasteiger partial charge in [-0.2, -0.15) is 0 Å². The molecule has 0 saturated carbocycles. The molecule has 0 aliphatic carbocycles. The van der Waals surface area contributed by atoms with Crippen LogP contribution in [0, 0.1) is 0 Å². The number of rotatable bonds is 7. The molecule has 26 heavy (non-hydrogen) atoms. The predicted octanol–water partition coefficient (Wildman–Crippen LogP) is 0.396. The van der Waals surface area contributed by atoms with Gasteiger partial charge in [-0.25, -0.2) is 0 Å². The fourth-order valence-corrected chi connectivity index (χ4v) is 3.58. The molecule has 1 rings (SSSR count). The third kappa shape index (κ3) is 6.83. The summed E-state index contributed by atoms with van der Waals surface area (Å²) in [6.45, 7) is 6.70. The third-order valence-electron chi connectivity index (χ3n) is 3.40. The number of thioether (sulfide) groups is 1. The van der Waals surface area contributed by atoms with Gasteiger partial charge in [0.2, 0.25) is 5.91 Å². The van der Waals surface area contributed by atoms with Crippen LogP contribution in [0.1, 0.15) is 34.6 Å². The number of hydrogen-bond acceptors (Lipinski definition) is 9. The van der Waals surface area contributed by atoms with Crippen LogP contribution in [0.4, 0.5) is 0 Å². The molecule has 1 heterocycles. The van der Waals surface area contributed by atoms with Crippen LogP contribution in [0.15, 0.2) is 0 Å². The van der Waals surface area contributed by atoms with E-state index in [-0.39, 0.29) is 12.5 Å². The summed E-state index contributed by atoms with van der Waals surface area (Å²) in [6, 6.07) is -0.737. The Balaban J connectivity index is 3.22. The first-order chi connectivity index (χ1) is 12.1. The van der Waals surface area contributed by atoms with Crippen LogP contribution in [-0.2, 0) is 38.1 Å². The molecular formula is C16H25NO8S. The van der Waals surface area contributed by atoms with Crippen molar-refractivity contribution in [3.63, 3.8) is 0 Å². The van der Waals surface area contributed by atoms with Crippen molar-refractivity contribution in [1.82, 2.24) is 5.32 Å². The zero-order chi connectivity index (χ0) is 19.9. The Kier molecular flexibility index (Phi) is 8.86. The lowest BCUT2D eigenvalue weighted by Crippen LogP contribution is -2.65. The first kappa shape index (κ1) is 22.2. The van der Waals surface area contributed by atoms with E-state index in [2.05, 4.69) is 5.32 Å². The van der Waals surface area contributed by atoms with Gasteiger partial charge in [0.05, 0.1) is 0 Å². The number of ether oxygens (including phenoxy) is 4. The molecule has 1 saturated heterocycles. The Bertz CT molecular complexity index is 540. The van der Waals surface area contributed by atoms with Gasteiger partial charge in [-0.15, -0.1) is 11.8 Å². The van der Waals surface area contributed by atoms with Crippen molar-refractivity contribution in [2.24, 2.45) is 0 Å². The van der Waals surface area contributed by atoms with Crippen molar-refractivity contribution in [2.75, 3.05) is 12.4 Å². The molecule has 0 aromatic heterocycles. The van der Waals surface area contributed by atoms with Crippen molar-refractivity contribution < 1.29 is 38.1 Å². The van der Waals surface area contributed by atoms with Gasteiger partial charge in [-0.05, 0) is 5.75 Å². The van der Waals surface area contributed by atoms with Crippen molar-refractivity contribution in [3.8, 4) is 0 Å². The summed E-state index contributed by atoms with van der Waals surface area (Å²) >= 11 is 1.38. The van der Waals surface area contributed by atoms with Crippen LogP contribution in [0.3, 0.4) is 0 Å². The lowest BCUT2D eigenvalue weighted by molar-refractivity contribution is -0.211. The number of carbonyl (C=O) groups excluding carboxylic acids is 4. The fourth-order valence-electron chi connectivity index (χ4n) is 2.60. The smallest absolute Gasteiger partial charge is 0.303 e. The fraction of sp³-hybridized carbons (Fsp3) is 0.750. The zero-order valence-electron chi connectivity index (χ0n) is 15.5. The van der Waals surface area contributed by atoms with Crippen molar-refractivity contribution in [1.29, 1.82) is 0 Å². The highest BCUT2D eigenvalue weighted by molar-refractivity contribution is 7.99. The van der Waals surface area contributed by atoms with E-state index in [1.165, 1.54) is 39.5 Å². The average Bonchev–Trinajstić information content (AvgIpc) is 2.50.